The van der Waals surface area contributed by atoms with E-state index in [1.165, 1.54) is 12.1 Å². The molecule has 0 fully saturated rings. The van der Waals surface area contributed by atoms with Gasteiger partial charge in [0.05, 0.1) is 10.6 Å². The van der Waals surface area contributed by atoms with Crippen LogP contribution in [0, 0.1) is 5.82 Å². The summed E-state index contributed by atoms with van der Waals surface area (Å²) in [7, 11) is 0. The van der Waals surface area contributed by atoms with E-state index in [0.717, 1.165) is 10.5 Å². The average molecular weight is 387 g/mol. The van der Waals surface area contributed by atoms with E-state index < -0.39 is 24.3 Å². The topological polar surface area (TPSA) is 55.4 Å². The van der Waals surface area contributed by atoms with Gasteiger partial charge in [-0.1, -0.05) is 33.6 Å². The van der Waals surface area contributed by atoms with Crippen molar-refractivity contribution in [2.24, 2.45) is 0 Å². The number of rotatable bonds is 4. The van der Waals surface area contributed by atoms with Crippen LogP contribution in [0.15, 0.2) is 46.9 Å². The Morgan fingerprint density at radius 1 is 1.23 bits per heavy atom. The van der Waals surface area contributed by atoms with Gasteiger partial charge in [-0.25, -0.2) is 9.18 Å². The summed E-state index contributed by atoms with van der Waals surface area (Å²) in [5.74, 6) is -1.75. The first kappa shape index (κ1) is 16.5. The molecule has 2 aromatic carbocycles. The van der Waals surface area contributed by atoms with Crippen LogP contribution in [0.3, 0.4) is 0 Å². The summed E-state index contributed by atoms with van der Waals surface area (Å²) in [6.07, 6.45) is 0. The van der Waals surface area contributed by atoms with E-state index in [1.807, 2.05) is 0 Å². The second kappa shape index (κ2) is 7.38. The zero-order valence-corrected chi connectivity index (χ0v) is 13.4. The number of carbonyl (C=O) groups excluding carboxylic acids is 2. The third-order valence-electron chi connectivity index (χ3n) is 2.60. The van der Waals surface area contributed by atoms with Crippen molar-refractivity contribution >= 4 is 45.1 Å². The minimum absolute atomic E-state index is 0.107. The summed E-state index contributed by atoms with van der Waals surface area (Å²) in [6, 6.07) is 10.4. The van der Waals surface area contributed by atoms with Crippen LogP contribution in [0.25, 0.3) is 0 Å². The lowest BCUT2D eigenvalue weighted by molar-refractivity contribution is -0.119. The normalized spacial score (nSPS) is 10.1. The number of halogens is 3. The van der Waals surface area contributed by atoms with Crippen LogP contribution >= 0.6 is 27.5 Å². The van der Waals surface area contributed by atoms with Crippen molar-refractivity contribution in [1.29, 1.82) is 0 Å². The van der Waals surface area contributed by atoms with Crippen LogP contribution in [-0.4, -0.2) is 18.5 Å². The molecule has 22 heavy (non-hydrogen) atoms. The highest BCUT2D eigenvalue weighted by atomic mass is 79.9. The Bertz CT molecular complexity index is 724. The lowest BCUT2D eigenvalue weighted by Gasteiger charge is -2.07. The number of ether oxygens (including phenoxy) is 1. The third kappa shape index (κ3) is 4.54. The highest BCUT2D eigenvalue weighted by molar-refractivity contribution is 9.10. The molecule has 0 aliphatic heterocycles. The predicted molar refractivity (Wildman–Crippen MR) is 84.5 cm³/mol. The van der Waals surface area contributed by atoms with E-state index in [1.54, 1.807) is 24.3 Å². The Morgan fingerprint density at radius 3 is 2.68 bits per heavy atom. The molecule has 0 bridgehead atoms. The largest absolute Gasteiger partial charge is 0.452 e. The van der Waals surface area contributed by atoms with E-state index in [0.29, 0.717) is 11.3 Å². The number of amides is 1. The molecule has 0 radical (unpaired) electrons. The average Bonchev–Trinajstić information content (AvgIpc) is 2.48. The molecule has 0 saturated carbocycles. The Labute approximate surface area is 139 Å². The molecule has 1 amide bonds. The summed E-state index contributed by atoms with van der Waals surface area (Å²) in [5.41, 5.74) is 0.641. The van der Waals surface area contributed by atoms with E-state index in [9.17, 15) is 14.0 Å². The fraction of sp³-hybridized carbons (Fsp3) is 0.0667. The maximum absolute atomic E-state index is 13.0. The van der Waals surface area contributed by atoms with Gasteiger partial charge in [0.15, 0.2) is 6.61 Å². The number of hydrogen-bond donors (Lipinski definition) is 1. The minimum Gasteiger partial charge on any atom is -0.452 e. The molecule has 0 aliphatic carbocycles. The number of esters is 1. The molecule has 1 N–H and O–H groups in total. The van der Waals surface area contributed by atoms with Gasteiger partial charge >= 0.3 is 5.97 Å². The maximum atomic E-state index is 13.0. The molecule has 0 heterocycles. The molecule has 0 atom stereocenters. The van der Waals surface area contributed by atoms with Crippen molar-refractivity contribution in [3.05, 3.63) is 63.3 Å². The third-order valence-corrected chi connectivity index (χ3v) is 3.38. The molecule has 0 aliphatic rings. The number of hydrogen-bond acceptors (Lipinski definition) is 3. The van der Waals surface area contributed by atoms with Crippen LogP contribution in [0.2, 0.25) is 5.02 Å². The van der Waals surface area contributed by atoms with Crippen molar-refractivity contribution in [1.82, 2.24) is 0 Å². The minimum atomic E-state index is -0.617. The monoisotopic (exact) mass is 385 g/mol. The van der Waals surface area contributed by atoms with Gasteiger partial charge < -0.3 is 10.1 Å². The van der Waals surface area contributed by atoms with Gasteiger partial charge in [-0.05, 0) is 36.4 Å². The zero-order valence-electron chi connectivity index (χ0n) is 11.1. The summed E-state index contributed by atoms with van der Waals surface area (Å²) in [4.78, 5) is 23.4. The van der Waals surface area contributed by atoms with Crippen LogP contribution in [-0.2, 0) is 9.53 Å². The van der Waals surface area contributed by atoms with Gasteiger partial charge in [0.25, 0.3) is 5.91 Å². The van der Waals surface area contributed by atoms with E-state index in [2.05, 4.69) is 21.2 Å². The fourth-order valence-corrected chi connectivity index (χ4v) is 2.18. The summed E-state index contributed by atoms with van der Waals surface area (Å²) in [5, 5.41) is 2.34. The molecule has 2 rings (SSSR count). The highest BCUT2D eigenvalue weighted by Gasteiger charge is 2.11. The number of anilines is 1. The zero-order chi connectivity index (χ0) is 16.1. The molecular weight excluding hydrogens is 377 g/mol. The molecule has 0 unspecified atom stereocenters. The van der Waals surface area contributed by atoms with Gasteiger partial charge in [-0.3, -0.25) is 4.79 Å². The quantitative estimate of drug-likeness (QED) is 0.807. The van der Waals surface area contributed by atoms with Gasteiger partial charge in [0.2, 0.25) is 0 Å². The van der Waals surface area contributed by atoms with Gasteiger partial charge in [0, 0.05) is 10.2 Å². The molecule has 0 spiro atoms. The Hall–Kier alpha value is -1.92. The molecule has 2 aromatic rings. The first-order valence-corrected chi connectivity index (χ1v) is 7.30. The predicted octanol–water partition coefficient (Wildman–Crippen LogP) is 4.04. The van der Waals surface area contributed by atoms with Gasteiger partial charge in [0.1, 0.15) is 5.82 Å². The second-order valence-corrected chi connectivity index (χ2v) is 5.59. The summed E-state index contributed by atoms with van der Waals surface area (Å²) < 4.78 is 18.6. The van der Waals surface area contributed by atoms with Crippen LogP contribution in [0.4, 0.5) is 10.1 Å². The Balaban J connectivity index is 1.90. The smallest absolute Gasteiger partial charge is 0.338 e. The summed E-state index contributed by atoms with van der Waals surface area (Å²) >= 11 is 8.84. The van der Waals surface area contributed by atoms with Crippen molar-refractivity contribution < 1.29 is 18.7 Å². The molecule has 0 aromatic heterocycles. The lowest BCUT2D eigenvalue weighted by atomic mass is 10.2. The lowest BCUT2D eigenvalue weighted by Crippen LogP contribution is -2.20. The molecule has 0 saturated heterocycles. The van der Waals surface area contributed by atoms with Gasteiger partial charge in [-0.2, -0.15) is 0 Å². The second-order valence-electron chi connectivity index (χ2n) is 4.26. The highest BCUT2D eigenvalue weighted by Crippen LogP contribution is 2.19. The van der Waals surface area contributed by atoms with E-state index in [-0.39, 0.29) is 5.02 Å². The molecule has 7 heteroatoms. The van der Waals surface area contributed by atoms with Crippen molar-refractivity contribution in [2.75, 3.05) is 11.9 Å². The standard InChI is InChI=1S/C15H10BrClFNO3/c16-10-3-1-2-9(6-10)15(21)22-8-14(20)19-11-4-5-13(18)12(17)7-11/h1-7H,8H2,(H,19,20). The first-order valence-electron chi connectivity index (χ1n) is 6.13. The van der Waals surface area contributed by atoms with Crippen molar-refractivity contribution in [3.8, 4) is 0 Å². The summed E-state index contributed by atoms with van der Waals surface area (Å²) in [6.45, 7) is -0.458. The van der Waals surface area contributed by atoms with Crippen LogP contribution < -0.4 is 5.32 Å². The number of carbonyl (C=O) groups is 2. The first-order chi connectivity index (χ1) is 10.5. The molecule has 114 valence electrons. The van der Waals surface area contributed by atoms with Crippen molar-refractivity contribution in [2.45, 2.75) is 0 Å². The molecule has 4 nitrogen and oxygen atoms in total. The number of nitrogens with one attached hydrogen (secondary N) is 1. The van der Waals surface area contributed by atoms with E-state index in [4.69, 9.17) is 16.3 Å². The number of benzene rings is 2. The van der Waals surface area contributed by atoms with Crippen molar-refractivity contribution in [3.63, 3.8) is 0 Å². The van der Waals surface area contributed by atoms with Crippen LogP contribution in [0.1, 0.15) is 10.4 Å². The Kier molecular flexibility index (Phi) is 5.51. The fourth-order valence-electron chi connectivity index (χ4n) is 1.60. The Morgan fingerprint density at radius 2 is 2.00 bits per heavy atom. The SMILES string of the molecule is O=C(COC(=O)c1cccc(Br)c1)Nc1ccc(F)c(Cl)c1. The van der Waals surface area contributed by atoms with Gasteiger partial charge in [-0.15, -0.1) is 0 Å². The molecular formula is C15H10BrClFNO3. The van der Waals surface area contributed by atoms with Crippen LogP contribution in [0.5, 0.6) is 0 Å². The maximum Gasteiger partial charge on any atom is 0.338 e. The van der Waals surface area contributed by atoms with E-state index >= 15 is 0 Å².